The summed E-state index contributed by atoms with van der Waals surface area (Å²) >= 11 is 0. The van der Waals surface area contributed by atoms with Crippen molar-refractivity contribution in [1.82, 2.24) is 10.2 Å². The van der Waals surface area contributed by atoms with Crippen molar-refractivity contribution in [3.63, 3.8) is 0 Å². The highest BCUT2D eigenvalue weighted by molar-refractivity contribution is 5.81. The smallest absolute Gasteiger partial charge is 0.239 e. The van der Waals surface area contributed by atoms with Crippen LogP contribution in [0.25, 0.3) is 0 Å². The van der Waals surface area contributed by atoms with Crippen LogP contribution >= 0.6 is 0 Å². The second-order valence-corrected chi connectivity index (χ2v) is 4.87. The van der Waals surface area contributed by atoms with E-state index in [0.717, 1.165) is 19.6 Å². The molecule has 1 saturated heterocycles. The van der Waals surface area contributed by atoms with Crippen molar-refractivity contribution in [2.75, 3.05) is 19.6 Å². The Labute approximate surface area is 86.9 Å². The van der Waals surface area contributed by atoms with Crippen molar-refractivity contribution in [3.8, 4) is 0 Å². The highest BCUT2D eigenvalue weighted by Gasteiger charge is 2.26. The molecule has 3 nitrogen and oxygen atoms in total. The van der Waals surface area contributed by atoms with Crippen LogP contribution in [-0.4, -0.2) is 36.5 Å². The maximum Gasteiger partial charge on any atom is 0.239 e. The number of nitrogens with one attached hydrogen (secondary N) is 1. The van der Waals surface area contributed by atoms with E-state index < -0.39 is 0 Å². The first-order valence-electron chi connectivity index (χ1n) is 5.53. The molecule has 0 radical (unpaired) electrons. The van der Waals surface area contributed by atoms with Crippen LogP contribution in [0.3, 0.4) is 0 Å². The fourth-order valence-corrected chi connectivity index (χ4v) is 1.88. The molecule has 0 saturated carbocycles. The van der Waals surface area contributed by atoms with E-state index in [1.54, 1.807) is 0 Å². The molecule has 0 bridgehead atoms. The zero-order valence-electron chi connectivity index (χ0n) is 9.71. The van der Waals surface area contributed by atoms with Crippen LogP contribution < -0.4 is 5.32 Å². The van der Waals surface area contributed by atoms with E-state index in [1.165, 1.54) is 0 Å². The molecule has 0 aromatic carbocycles. The van der Waals surface area contributed by atoms with Gasteiger partial charge in [-0.15, -0.1) is 0 Å². The van der Waals surface area contributed by atoms with Crippen molar-refractivity contribution in [3.05, 3.63) is 0 Å². The zero-order chi connectivity index (χ0) is 10.7. The summed E-state index contributed by atoms with van der Waals surface area (Å²) in [6.07, 6.45) is 0. The van der Waals surface area contributed by atoms with Gasteiger partial charge in [0.2, 0.25) is 5.91 Å². The number of carbonyl (C=O) groups is 1. The van der Waals surface area contributed by atoms with Crippen LogP contribution in [0.2, 0.25) is 0 Å². The molecular formula is C11H22N2O. The van der Waals surface area contributed by atoms with Gasteiger partial charge in [0.15, 0.2) is 0 Å². The second kappa shape index (κ2) is 4.78. The summed E-state index contributed by atoms with van der Waals surface area (Å²) in [6.45, 7) is 11.2. The lowest BCUT2D eigenvalue weighted by Crippen LogP contribution is -2.43. The zero-order valence-corrected chi connectivity index (χ0v) is 9.71. The van der Waals surface area contributed by atoms with Gasteiger partial charge >= 0.3 is 0 Å². The third kappa shape index (κ3) is 2.98. The van der Waals surface area contributed by atoms with E-state index >= 15 is 0 Å². The first kappa shape index (κ1) is 11.5. The molecule has 1 amide bonds. The van der Waals surface area contributed by atoms with Gasteiger partial charge in [-0.3, -0.25) is 4.79 Å². The molecular weight excluding hydrogens is 176 g/mol. The lowest BCUT2D eigenvalue weighted by atomic mass is 10.1. The molecule has 1 N–H and O–H groups in total. The number of rotatable bonds is 2. The summed E-state index contributed by atoms with van der Waals surface area (Å²) in [7, 11) is 0. The summed E-state index contributed by atoms with van der Waals surface area (Å²) in [5, 5.41) is 3.26. The van der Waals surface area contributed by atoms with Gasteiger partial charge < -0.3 is 10.2 Å². The molecule has 1 aliphatic rings. The van der Waals surface area contributed by atoms with Crippen molar-refractivity contribution >= 4 is 5.91 Å². The molecule has 1 heterocycles. The van der Waals surface area contributed by atoms with Crippen LogP contribution in [0.15, 0.2) is 0 Å². The molecule has 0 spiro atoms. The minimum atomic E-state index is -0.0151. The molecule has 2 unspecified atom stereocenters. The third-order valence-corrected chi connectivity index (χ3v) is 2.57. The summed E-state index contributed by atoms with van der Waals surface area (Å²) in [5.74, 6) is 1.36. The predicted molar refractivity (Wildman–Crippen MR) is 58.0 cm³/mol. The molecule has 1 aliphatic heterocycles. The lowest BCUT2D eigenvalue weighted by Gasteiger charge is -2.25. The molecule has 0 aromatic rings. The van der Waals surface area contributed by atoms with Crippen LogP contribution in [0, 0.1) is 11.8 Å². The minimum Gasteiger partial charge on any atom is -0.341 e. The summed E-state index contributed by atoms with van der Waals surface area (Å²) in [4.78, 5) is 13.9. The van der Waals surface area contributed by atoms with Gasteiger partial charge in [0, 0.05) is 19.6 Å². The summed E-state index contributed by atoms with van der Waals surface area (Å²) < 4.78 is 0. The largest absolute Gasteiger partial charge is 0.341 e. The van der Waals surface area contributed by atoms with Crippen molar-refractivity contribution < 1.29 is 4.79 Å². The summed E-state index contributed by atoms with van der Waals surface area (Å²) in [5.41, 5.74) is 0. The van der Waals surface area contributed by atoms with Gasteiger partial charge in [-0.2, -0.15) is 0 Å². The monoisotopic (exact) mass is 198 g/mol. The Morgan fingerprint density at radius 3 is 2.71 bits per heavy atom. The van der Waals surface area contributed by atoms with Gasteiger partial charge in [0.05, 0.1) is 6.04 Å². The number of hydrogen-bond donors (Lipinski definition) is 1. The average Bonchev–Trinajstić information content (AvgIpc) is 2.19. The molecule has 0 aromatic heterocycles. The average molecular weight is 198 g/mol. The SMILES string of the molecule is CC(C)CN1CC(C)CNC(C)C1=O. The maximum absolute atomic E-state index is 11.9. The number of carbonyl (C=O) groups excluding carboxylic acids is 1. The topological polar surface area (TPSA) is 32.3 Å². The molecule has 0 aliphatic carbocycles. The molecule has 82 valence electrons. The lowest BCUT2D eigenvalue weighted by molar-refractivity contribution is -0.133. The third-order valence-electron chi connectivity index (χ3n) is 2.57. The molecule has 14 heavy (non-hydrogen) atoms. The maximum atomic E-state index is 11.9. The van der Waals surface area contributed by atoms with Crippen LogP contribution in [0.4, 0.5) is 0 Å². The Bertz CT molecular complexity index is 203. The molecule has 3 heteroatoms. The first-order chi connectivity index (χ1) is 6.50. The van der Waals surface area contributed by atoms with Gasteiger partial charge in [-0.25, -0.2) is 0 Å². The van der Waals surface area contributed by atoms with Crippen LogP contribution in [0.1, 0.15) is 27.7 Å². The van der Waals surface area contributed by atoms with Crippen molar-refractivity contribution in [1.29, 1.82) is 0 Å². The Morgan fingerprint density at radius 1 is 1.50 bits per heavy atom. The minimum absolute atomic E-state index is 0.0151. The molecule has 1 rings (SSSR count). The number of hydrogen-bond acceptors (Lipinski definition) is 2. The van der Waals surface area contributed by atoms with E-state index in [-0.39, 0.29) is 11.9 Å². The van der Waals surface area contributed by atoms with Gasteiger partial charge in [0.1, 0.15) is 0 Å². The fraction of sp³-hybridized carbons (Fsp3) is 0.909. The number of nitrogens with zero attached hydrogens (tertiary/aromatic N) is 1. The fourth-order valence-electron chi connectivity index (χ4n) is 1.88. The van der Waals surface area contributed by atoms with E-state index in [4.69, 9.17) is 0 Å². The van der Waals surface area contributed by atoms with E-state index in [2.05, 4.69) is 26.1 Å². The van der Waals surface area contributed by atoms with Gasteiger partial charge in [-0.05, 0) is 18.8 Å². The Hall–Kier alpha value is -0.570. The van der Waals surface area contributed by atoms with Crippen molar-refractivity contribution in [2.45, 2.75) is 33.7 Å². The second-order valence-electron chi connectivity index (χ2n) is 4.87. The Balaban J connectivity index is 2.63. The van der Waals surface area contributed by atoms with E-state index in [0.29, 0.717) is 11.8 Å². The highest BCUT2D eigenvalue weighted by atomic mass is 16.2. The Morgan fingerprint density at radius 2 is 2.14 bits per heavy atom. The standard InChI is InChI=1S/C11H22N2O/c1-8(2)6-13-7-9(3)5-12-10(4)11(13)14/h8-10,12H,5-7H2,1-4H3. The van der Waals surface area contributed by atoms with Gasteiger partial charge in [-0.1, -0.05) is 20.8 Å². The normalized spacial score (nSPS) is 29.5. The van der Waals surface area contributed by atoms with Crippen LogP contribution in [0.5, 0.6) is 0 Å². The molecule has 2 atom stereocenters. The summed E-state index contributed by atoms with van der Waals surface area (Å²) in [6, 6.07) is -0.0151. The van der Waals surface area contributed by atoms with Crippen molar-refractivity contribution in [2.24, 2.45) is 11.8 Å². The predicted octanol–water partition coefficient (Wildman–Crippen LogP) is 1.10. The van der Waals surface area contributed by atoms with Gasteiger partial charge in [0.25, 0.3) is 0 Å². The first-order valence-corrected chi connectivity index (χ1v) is 5.53. The van der Waals surface area contributed by atoms with E-state index in [1.807, 2.05) is 11.8 Å². The van der Waals surface area contributed by atoms with E-state index in [9.17, 15) is 4.79 Å². The highest BCUT2D eigenvalue weighted by Crippen LogP contribution is 2.09. The van der Waals surface area contributed by atoms with Crippen LogP contribution in [-0.2, 0) is 4.79 Å². The Kier molecular flexibility index (Phi) is 3.93. The quantitative estimate of drug-likeness (QED) is 0.720. The molecule has 1 fully saturated rings. The number of amides is 1.